The molecule has 6 nitrogen and oxygen atoms in total. The van der Waals surface area contributed by atoms with E-state index in [9.17, 15) is 9.59 Å². The zero-order chi connectivity index (χ0) is 18.1. The second-order valence-corrected chi connectivity index (χ2v) is 6.96. The Kier molecular flexibility index (Phi) is 4.41. The lowest BCUT2D eigenvalue weighted by atomic mass is 10.0. The van der Waals surface area contributed by atoms with Crippen LogP contribution in [0.25, 0.3) is 0 Å². The SMILES string of the molecule is Cc1ccc(N2C[C@@H](C(=O)NCC3=CC4=C(CC3)OCO4)CC2=O)cc1. The number of ether oxygens (including phenoxy) is 2. The van der Waals surface area contributed by atoms with Gasteiger partial charge in [0.05, 0.1) is 5.92 Å². The molecule has 4 rings (SSSR count). The molecule has 2 amide bonds. The van der Waals surface area contributed by atoms with E-state index in [0.29, 0.717) is 13.1 Å². The van der Waals surface area contributed by atoms with Crippen molar-refractivity contribution in [2.75, 3.05) is 24.8 Å². The molecule has 0 radical (unpaired) electrons. The fraction of sp³-hybridized carbons (Fsp3) is 0.400. The Morgan fingerprint density at radius 1 is 1.23 bits per heavy atom. The largest absolute Gasteiger partial charge is 0.458 e. The zero-order valence-corrected chi connectivity index (χ0v) is 14.8. The van der Waals surface area contributed by atoms with Crippen molar-refractivity contribution in [3.05, 3.63) is 53.0 Å². The lowest BCUT2D eigenvalue weighted by Gasteiger charge is -2.17. The van der Waals surface area contributed by atoms with Gasteiger partial charge in [0.25, 0.3) is 0 Å². The van der Waals surface area contributed by atoms with Gasteiger partial charge in [0.2, 0.25) is 18.6 Å². The molecular weight excluding hydrogens is 332 g/mol. The van der Waals surface area contributed by atoms with E-state index in [1.54, 1.807) is 4.90 Å². The normalized spacial score (nSPS) is 21.9. The van der Waals surface area contributed by atoms with E-state index in [0.717, 1.165) is 41.2 Å². The van der Waals surface area contributed by atoms with Gasteiger partial charge in [0.1, 0.15) is 5.76 Å². The summed E-state index contributed by atoms with van der Waals surface area (Å²) in [5.41, 5.74) is 3.11. The van der Waals surface area contributed by atoms with Gasteiger partial charge >= 0.3 is 0 Å². The average molecular weight is 354 g/mol. The third-order valence-corrected chi connectivity index (χ3v) is 5.06. The van der Waals surface area contributed by atoms with Crippen molar-refractivity contribution in [2.45, 2.75) is 26.2 Å². The lowest BCUT2D eigenvalue weighted by molar-refractivity contribution is -0.126. The number of allylic oxidation sites excluding steroid dienone is 2. The Balaban J connectivity index is 1.34. The van der Waals surface area contributed by atoms with Crippen molar-refractivity contribution in [3.63, 3.8) is 0 Å². The summed E-state index contributed by atoms with van der Waals surface area (Å²) in [5, 5.41) is 2.97. The molecule has 3 aliphatic rings. The molecule has 0 spiro atoms. The van der Waals surface area contributed by atoms with Crippen LogP contribution in [-0.4, -0.2) is 31.7 Å². The first-order valence-corrected chi connectivity index (χ1v) is 8.93. The van der Waals surface area contributed by atoms with Crippen molar-refractivity contribution in [1.29, 1.82) is 0 Å². The number of hydrogen-bond donors (Lipinski definition) is 1. The van der Waals surface area contributed by atoms with Crippen molar-refractivity contribution < 1.29 is 19.1 Å². The number of nitrogens with one attached hydrogen (secondary N) is 1. The first-order chi connectivity index (χ1) is 12.6. The number of aryl methyl sites for hydroxylation is 1. The number of benzene rings is 1. The van der Waals surface area contributed by atoms with E-state index >= 15 is 0 Å². The highest BCUT2D eigenvalue weighted by Gasteiger charge is 2.35. The number of anilines is 1. The first kappa shape index (κ1) is 16.7. The van der Waals surface area contributed by atoms with Crippen LogP contribution in [0, 0.1) is 12.8 Å². The van der Waals surface area contributed by atoms with Crippen LogP contribution in [0.3, 0.4) is 0 Å². The Morgan fingerprint density at radius 3 is 2.85 bits per heavy atom. The minimum absolute atomic E-state index is 0.00260. The predicted octanol–water partition coefficient (Wildman–Crippen LogP) is 2.40. The van der Waals surface area contributed by atoms with Gasteiger partial charge in [-0.3, -0.25) is 9.59 Å². The third-order valence-electron chi connectivity index (χ3n) is 5.06. The highest BCUT2D eigenvalue weighted by atomic mass is 16.7. The molecule has 1 aromatic rings. The minimum Gasteiger partial charge on any atom is -0.458 e. The standard InChI is InChI=1S/C20H22N2O4/c1-13-2-5-16(6-3-13)22-11-15(9-19(22)23)20(24)21-10-14-4-7-17-18(8-14)26-12-25-17/h2-3,5-6,8,15H,4,7,9-12H2,1H3,(H,21,24)/t15-/m0/s1. The molecule has 136 valence electrons. The fourth-order valence-electron chi connectivity index (χ4n) is 3.51. The molecule has 1 saturated heterocycles. The highest BCUT2D eigenvalue weighted by Crippen LogP contribution is 2.30. The quantitative estimate of drug-likeness (QED) is 0.902. The van der Waals surface area contributed by atoms with Crippen LogP contribution in [0.5, 0.6) is 0 Å². The molecule has 0 saturated carbocycles. The van der Waals surface area contributed by atoms with Crippen molar-refractivity contribution in [1.82, 2.24) is 5.32 Å². The summed E-state index contributed by atoms with van der Waals surface area (Å²) in [6, 6.07) is 7.80. The zero-order valence-electron chi connectivity index (χ0n) is 14.8. The maximum Gasteiger partial charge on any atom is 0.230 e. The number of carbonyl (C=O) groups excluding carboxylic acids is 2. The number of carbonyl (C=O) groups is 2. The second kappa shape index (κ2) is 6.86. The molecule has 1 aliphatic carbocycles. The van der Waals surface area contributed by atoms with Gasteiger partial charge in [-0.25, -0.2) is 0 Å². The average Bonchev–Trinajstić information content (AvgIpc) is 3.26. The van der Waals surface area contributed by atoms with Crippen LogP contribution >= 0.6 is 0 Å². The number of rotatable bonds is 4. The highest BCUT2D eigenvalue weighted by molar-refractivity contribution is 6.00. The van der Waals surface area contributed by atoms with Crippen LogP contribution in [0.1, 0.15) is 24.8 Å². The second-order valence-electron chi connectivity index (χ2n) is 6.96. The molecule has 1 aromatic carbocycles. The summed E-state index contributed by atoms with van der Waals surface area (Å²) in [5.74, 6) is 1.29. The maximum atomic E-state index is 12.5. The Labute approximate surface area is 152 Å². The van der Waals surface area contributed by atoms with Gasteiger partial charge in [-0.1, -0.05) is 17.7 Å². The summed E-state index contributed by atoms with van der Waals surface area (Å²) in [7, 11) is 0. The van der Waals surface area contributed by atoms with Crippen LogP contribution in [0.2, 0.25) is 0 Å². The van der Waals surface area contributed by atoms with Crippen LogP contribution in [0.4, 0.5) is 5.69 Å². The van der Waals surface area contributed by atoms with Crippen molar-refractivity contribution >= 4 is 17.5 Å². The smallest absolute Gasteiger partial charge is 0.230 e. The van der Waals surface area contributed by atoms with Gasteiger partial charge in [0, 0.05) is 31.6 Å². The van der Waals surface area contributed by atoms with Crippen LogP contribution in [-0.2, 0) is 19.1 Å². The van der Waals surface area contributed by atoms with E-state index in [1.165, 1.54) is 0 Å². The summed E-state index contributed by atoms with van der Waals surface area (Å²) in [6.45, 7) is 3.20. The molecule has 0 unspecified atom stereocenters. The Morgan fingerprint density at radius 2 is 2.04 bits per heavy atom. The number of nitrogens with zero attached hydrogens (tertiary/aromatic N) is 1. The molecule has 1 atom stereocenters. The van der Waals surface area contributed by atoms with E-state index in [-0.39, 0.29) is 30.9 Å². The van der Waals surface area contributed by atoms with Gasteiger partial charge < -0.3 is 19.7 Å². The monoisotopic (exact) mass is 354 g/mol. The molecule has 0 aromatic heterocycles. The van der Waals surface area contributed by atoms with E-state index < -0.39 is 0 Å². The van der Waals surface area contributed by atoms with Gasteiger partial charge in [0.15, 0.2) is 5.76 Å². The molecular formula is C20H22N2O4. The van der Waals surface area contributed by atoms with E-state index in [1.807, 2.05) is 37.3 Å². The molecule has 1 N–H and O–H groups in total. The van der Waals surface area contributed by atoms with Crippen molar-refractivity contribution in [3.8, 4) is 0 Å². The number of hydrogen-bond acceptors (Lipinski definition) is 4. The first-order valence-electron chi connectivity index (χ1n) is 8.93. The molecule has 2 heterocycles. The maximum absolute atomic E-state index is 12.5. The number of amides is 2. The molecule has 26 heavy (non-hydrogen) atoms. The van der Waals surface area contributed by atoms with Gasteiger partial charge in [-0.05, 0) is 37.1 Å². The minimum atomic E-state index is -0.311. The van der Waals surface area contributed by atoms with E-state index in [4.69, 9.17) is 9.47 Å². The molecule has 0 bridgehead atoms. The molecule has 1 fully saturated rings. The predicted molar refractivity (Wildman–Crippen MR) is 96.0 cm³/mol. The summed E-state index contributed by atoms with van der Waals surface area (Å²) >= 11 is 0. The lowest BCUT2D eigenvalue weighted by Crippen LogP contribution is -2.34. The summed E-state index contributed by atoms with van der Waals surface area (Å²) in [6.07, 6.45) is 3.86. The Bertz CT molecular complexity index is 795. The summed E-state index contributed by atoms with van der Waals surface area (Å²) < 4.78 is 10.8. The topological polar surface area (TPSA) is 67.9 Å². The van der Waals surface area contributed by atoms with Crippen LogP contribution < -0.4 is 10.2 Å². The molecule has 6 heteroatoms. The Hall–Kier alpha value is -2.76. The fourth-order valence-corrected chi connectivity index (χ4v) is 3.51. The third kappa shape index (κ3) is 3.31. The van der Waals surface area contributed by atoms with Crippen LogP contribution in [0.15, 0.2) is 47.4 Å². The van der Waals surface area contributed by atoms with Gasteiger partial charge in [-0.2, -0.15) is 0 Å². The van der Waals surface area contributed by atoms with E-state index in [2.05, 4.69) is 5.32 Å². The van der Waals surface area contributed by atoms with Gasteiger partial charge in [-0.15, -0.1) is 0 Å². The summed E-state index contributed by atoms with van der Waals surface area (Å²) in [4.78, 5) is 26.5. The van der Waals surface area contributed by atoms with Crippen molar-refractivity contribution in [2.24, 2.45) is 5.92 Å². The molecule has 2 aliphatic heterocycles.